The van der Waals surface area contributed by atoms with Crippen LogP contribution in [0.25, 0.3) is 0 Å². The van der Waals surface area contributed by atoms with Crippen LogP contribution in [0.3, 0.4) is 0 Å². The SMILES string of the molecule is COc1ccc(Br)cc1COc1cccc(F)c1C(N)=S. The van der Waals surface area contributed by atoms with Gasteiger partial charge in [-0.1, -0.05) is 34.2 Å². The Bertz CT molecular complexity index is 679. The average Bonchev–Trinajstić information content (AvgIpc) is 2.44. The van der Waals surface area contributed by atoms with Crippen molar-refractivity contribution in [1.82, 2.24) is 0 Å². The Hall–Kier alpha value is -1.66. The smallest absolute Gasteiger partial charge is 0.137 e. The van der Waals surface area contributed by atoms with Crippen molar-refractivity contribution in [2.75, 3.05) is 7.11 Å². The van der Waals surface area contributed by atoms with Gasteiger partial charge in [0.25, 0.3) is 0 Å². The number of hydrogen-bond acceptors (Lipinski definition) is 3. The maximum Gasteiger partial charge on any atom is 0.137 e. The number of nitrogens with two attached hydrogens (primary N) is 1. The van der Waals surface area contributed by atoms with Gasteiger partial charge in [0.15, 0.2) is 0 Å². The summed E-state index contributed by atoms with van der Waals surface area (Å²) in [6, 6.07) is 10.0. The highest BCUT2D eigenvalue weighted by Crippen LogP contribution is 2.27. The van der Waals surface area contributed by atoms with E-state index in [2.05, 4.69) is 15.9 Å². The molecule has 110 valence electrons. The molecule has 2 rings (SSSR count). The topological polar surface area (TPSA) is 44.5 Å². The largest absolute Gasteiger partial charge is 0.496 e. The lowest BCUT2D eigenvalue weighted by atomic mass is 10.2. The van der Waals surface area contributed by atoms with E-state index in [4.69, 9.17) is 27.4 Å². The Balaban J connectivity index is 2.27. The molecule has 0 fully saturated rings. The van der Waals surface area contributed by atoms with E-state index in [1.807, 2.05) is 18.2 Å². The minimum absolute atomic E-state index is 0.0377. The molecule has 0 radical (unpaired) electrons. The standard InChI is InChI=1S/C15H13BrFNO2S/c1-19-12-6-5-10(16)7-9(12)8-20-13-4-2-3-11(17)14(13)15(18)21/h2-7H,8H2,1H3,(H2,18,21). The molecule has 2 aromatic rings. The monoisotopic (exact) mass is 369 g/mol. The molecule has 3 nitrogen and oxygen atoms in total. The molecule has 0 saturated heterocycles. The van der Waals surface area contributed by atoms with E-state index >= 15 is 0 Å². The Kier molecular flexibility index (Phi) is 5.14. The van der Waals surface area contributed by atoms with E-state index in [1.165, 1.54) is 6.07 Å². The molecule has 0 aliphatic rings. The van der Waals surface area contributed by atoms with Crippen LogP contribution in [0.15, 0.2) is 40.9 Å². The van der Waals surface area contributed by atoms with Crippen LogP contribution in [0.1, 0.15) is 11.1 Å². The number of hydrogen-bond donors (Lipinski definition) is 1. The number of rotatable bonds is 5. The molecule has 0 aliphatic heterocycles. The molecule has 0 amide bonds. The quantitative estimate of drug-likeness (QED) is 0.813. The number of ether oxygens (including phenoxy) is 2. The fourth-order valence-corrected chi connectivity index (χ4v) is 2.49. The van der Waals surface area contributed by atoms with Crippen molar-refractivity contribution >= 4 is 33.1 Å². The number of thiocarbonyl (C=S) groups is 1. The lowest BCUT2D eigenvalue weighted by Gasteiger charge is -2.13. The molecule has 0 aromatic heterocycles. The fraction of sp³-hybridized carbons (Fsp3) is 0.133. The van der Waals surface area contributed by atoms with E-state index in [1.54, 1.807) is 19.2 Å². The molecular formula is C15H13BrFNO2S. The van der Waals surface area contributed by atoms with Gasteiger partial charge in [-0.2, -0.15) is 0 Å². The van der Waals surface area contributed by atoms with Crippen LogP contribution < -0.4 is 15.2 Å². The Labute approximate surface area is 136 Å². The molecule has 21 heavy (non-hydrogen) atoms. The third kappa shape index (κ3) is 3.71. The summed E-state index contributed by atoms with van der Waals surface area (Å²) in [6.45, 7) is 0.210. The molecule has 0 saturated carbocycles. The first kappa shape index (κ1) is 15.7. The first-order chi connectivity index (χ1) is 10.0. The molecule has 2 N–H and O–H groups in total. The van der Waals surface area contributed by atoms with Crippen LogP contribution >= 0.6 is 28.1 Å². The Morgan fingerprint density at radius 3 is 2.71 bits per heavy atom. The third-order valence-electron chi connectivity index (χ3n) is 2.85. The van der Waals surface area contributed by atoms with Crippen molar-refractivity contribution < 1.29 is 13.9 Å². The summed E-state index contributed by atoms with van der Waals surface area (Å²) in [5.41, 5.74) is 6.48. The minimum Gasteiger partial charge on any atom is -0.496 e. The minimum atomic E-state index is -0.499. The third-order valence-corrected chi connectivity index (χ3v) is 3.54. The van der Waals surface area contributed by atoms with Crippen LogP contribution in [0.2, 0.25) is 0 Å². The molecule has 0 spiro atoms. The van der Waals surface area contributed by atoms with Crippen LogP contribution in [-0.2, 0) is 6.61 Å². The summed E-state index contributed by atoms with van der Waals surface area (Å²) in [7, 11) is 1.58. The second-order valence-corrected chi connectivity index (χ2v) is 5.58. The van der Waals surface area contributed by atoms with Gasteiger partial charge < -0.3 is 15.2 Å². The molecule has 0 unspecified atom stereocenters. The zero-order valence-corrected chi connectivity index (χ0v) is 13.6. The maximum absolute atomic E-state index is 13.8. The summed E-state index contributed by atoms with van der Waals surface area (Å²) in [6.07, 6.45) is 0. The summed E-state index contributed by atoms with van der Waals surface area (Å²) in [5, 5.41) is 0. The second kappa shape index (κ2) is 6.87. The van der Waals surface area contributed by atoms with E-state index in [0.29, 0.717) is 11.5 Å². The molecule has 0 bridgehead atoms. The van der Waals surface area contributed by atoms with Gasteiger partial charge >= 0.3 is 0 Å². The van der Waals surface area contributed by atoms with E-state index in [-0.39, 0.29) is 17.2 Å². The summed E-state index contributed by atoms with van der Waals surface area (Å²) < 4.78 is 25.6. The van der Waals surface area contributed by atoms with E-state index in [0.717, 1.165) is 10.0 Å². The fourth-order valence-electron chi connectivity index (χ4n) is 1.88. The van der Waals surface area contributed by atoms with Crippen LogP contribution in [-0.4, -0.2) is 12.1 Å². The number of halogens is 2. The van der Waals surface area contributed by atoms with Gasteiger partial charge in [-0.05, 0) is 30.3 Å². The predicted octanol–water partition coefficient (Wildman–Crippen LogP) is 3.81. The van der Waals surface area contributed by atoms with Gasteiger partial charge in [-0.3, -0.25) is 0 Å². The van der Waals surface area contributed by atoms with Crippen molar-refractivity contribution in [2.45, 2.75) is 6.61 Å². The van der Waals surface area contributed by atoms with Crippen LogP contribution in [0.4, 0.5) is 4.39 Å². The van der Waals surface area contributed by atoms with Crippen molar-refractivity contribution in [3.63, 3.8) is 0 Å². The van der Waals surface area contributed by atoms with Crippen molar-refractivity contribution in [1.29, 1.82) is 0 Å². The molecular weight excluding hydrogens is 357 g/mol. The maximum atomic E-state index is 13.8. The molecule has 6 heteroatoms. The van der Waals surface area contributed by atoms with E-state index < -0.39 is 5.82 Å². The van der Waals surface area contributed by atoms with Gasteiger partial charge in [0, 0.05) is 10.0 Å². The number of methoxy groups -OCH3 is 1. The number of benzene rings is 2. The van der Waals surface area contributed by atoms with Gasteiger partial charge in [-0.25, -0.2) is 4.39 Å². The summed E-state index contributed by atoms with van der Waals surface area (Å²) in [4.78, 5) is -0.0377. The zero-order valence-electron chi connectivity index (χ0n) is 11.2. The van der Waals surface area contributed by atoms with Gasteiger partial charge in [0.05, 0.1) is 12.7 Å². The van der Waals surface area contributed by atoms with Crippen LogP contribution in [0, 0.1) is 5.82 Å². The average molecular weight is 370 g/mol. The van der Waals surface area contributed by atoms with Gasteiger partial charge in [-0.15, -0.1) is 0 Å². The van der Waals surface area contributed by atoms with Crippen LogP contribution in [0.5, 0.6) is 11.5 Å². The second-order valence-electron chi connectivity index (χ2n) is 4.22. The molecule has 0 atom stereocenters. The first-order valence-corrected chi connectivity index (χ1v) is 7.26. The van der Waals surface area contributed by atoms with Gasteiger partial charge in [0.2, 0.25) is 0 Å². The molecule has 2 aromatic carbocycles. The first-order valence-electron chi connectivity index (χ1n) is 6.06. The highest BCUT2D eigenvalue weighted by atomic mass is 79.9. The lowest BCUT2D eigenvalue weighted by Crippen LogP contribution is -2.14. The molecule has 0 heterocycles. The summed E-state index contributed by atoms with van der Waals surface area (Å²) >= 11 is 8.25. The Morgan fingerprint density at radius 1 is 1.29 bits per heavy atom. The van der Waals surface area contributed by atoms with Gasteiger partial charge in [0.1, 0.15) is 28.9 Å². The van der Waals surface area contributed by atoms with Crippen molar-refractivity contribution in [2.24, 2.45) is 5.73 Å². The highest BCUT2D eigenvalue weighted by Gasteiger charge is 2.13. The Morgan fingerprint density at radius 2 is 2.05 bits per heavy atom. The summed E-state index contributed by atoms with van der Waals surface area (Å²) in [5.74, 6) is 0.497. The highest BCUT2D eigenvalue weighted by molar-refractivity contribution is 9.10. The van der Waals surface area contributed by atoms with E-state index in [9.17, 15) is 4.39 Å². The lowest BCUT2D eigenvalue weighted by molar-refractivity contribution is 0.294. The van der Waals surface area contributed by atoms with Crippen molar-refractivity contribution in [3.05, 3.63) is 57.8 Å². The zero-order chi connectivity index (χ0) is 15.4. The molecule has 0 aliphatic carbocycles. The van der Waals surface area contributed by atoms with Crippen molar-refractivity contribution in [3.8, 4) is 11.5 Å². The predicted molar refractivity (Wildman–Crippen MR) is 87.3 cm³/mol. The normalized spacial score (nSPS) is 10.2.